The number of H-pyrrole nitrogens is 2. The van der Waals surface area contributed by atoms with Gasteiger partial charge in [0.1, 0.15) is 0 Å². The van der Waals surface area contributed by atoms with Crippen LogP contribution in [0.15, 0.2) is 44.1 Å². The topological polar surface area (TPSA) is 56.3 Å². The van der Waals surface area contributed by atoms with Crippen molar-refractivity contribution in [1.29, 1.82) is 0 Å². The highest BCUT2D eigenvalue weighted by Crippen LogP contribution is 2.34. The molecule has 4 nitrogen and oxygen atoms in total. The van der Waals surface area contributed by atoms with Crippen LogP contribution in [0.5, 0.6) is 0 Å². The molecule has 3 aliphatic heterocycles. The smallest absolute Gasteiger partial charge is 0.0774 e. The number of aromatic nitrogens is 2. The molecule has 2 aromatic heterocycles. The van der Waals surface area contributed by atoms with Gasteiger partial charge in [0, 0.05) is 28.5 Å². The number of hydrogen-bond donors (Lipinski definition) is 2. The average Bonchev–Trinajstić information content (AvgIpc) is 3.61. The molecule has 0 aliphatic carbocycles. The number of aromatic amines is 2. The van der Waals surface area contributed by atoms with Crippen molar-refractivity contribution in [2.75, 3.05) is 0 Å². The lowest BCUT2D eigenvalue weighted by atomic mass is 9.96. The van der Waals surface area contributed by atoms with Gasteiger partial charge in [0.2, 0.25) is 0 Å². The number of rotatable bonds is 6. The van der Waals surface area contributed by atoms with E-state index in [0.29, 0.717) is 0 Å². The van der Waals surface area contributed by atoms with Crippen molar-refractivity contribution in [1.82, 2.24) is 9.97 Å². The molecule has 5 rings (SSSR count). The highest BCUT2D eigenvalue weighted by atomic mass is 14.9. The van der Waals surface area contributed by atoms with Crippen LogP contribution in [0, 0.1) is 0 Å². The maximum atomic E-state index is 5.28. The summed E-state index contributed by atoms with van der Waals surface area (Å²) in [6.45, 7) is 18.1. The molecule has 5 heterocycles. The molecular weight excluding hydrogens is 464 g/mol. The van der Waals surface area contributed by atoms with Crippen LogP contribution in [0.25, 0.3) is 12.2 Å². The van der Waals surface area contributed by atoms with Crippen molar-refractivity contribution in [2.24, 2.45) is 9.98 Å². The second kappa shape index (κ2) is 10.6. The zero-order valence-corrected chi connectivity index (χ0v) is 24.7. The van der Waals surface area contributed by atoms with Crippen LogP contribution in [0.2, 0.25) is 0 Å². The summed E-state index contributed by atoms with van der Waals surface area (Å²) < 4.78 is 0. The Balaban J connectivity index is 1.86. The summed E-state index contributed by atoms with van der Waals surface area (Å²) >= 11 is 0. The molecule has 0 saturated heterocycles. The van der Waals surface area contributed by atoms with E-state index in [1.54, 1.807) is 0 Å². The van der Waals surface area contributed by atoms with Crippen molar-refractivity contribution in [3.05, 3.63) is 78.4 Å². The summed E-state index contributed by atoms with van der Waals surface area (Å²) in [5.41, 5.74) is 17.0. The van der Waals surface area contributed by atoms with Gasteiger partial charge in [-0.2, -0.15) is 0 Å². The predicted octanol–water partition coefficient (Wildman–Crippen LogP) is 6.37. The van der Waals surface area contributed by atoms with E-state index in [2.05, 4.69) is 83.6 Å². The van der Waals surface area contributed by atoms with E-state index in [-0.39, 0.29) is 6.04 Å². The summed E-state index contributed by atoms with van der Waals surface area (Å²) in [6, 6.07) is 0.169. The predicted molar refractivity (Wildman–Crippen MR) is 163 cm³/mol. The number of fused-ring (bicyclic) bond motifs is 6. The molecule has 8 bridgehead atoms. The van der Waals surface area contributed by atoms with E-state index in [1.807, 2.05) is 0 Å². The van der Waals surface area contributed by atoms with Gasteiger partial charge in [0.05, 0.1) is 23.2 Å². The van der Waals surface area contributed by atoms with Crippen molar-refractivity contribution >= 4 is 23.6 Å². The molecule has 2 aromatic rings. The van der Waals surface area contributed by atoms with Gasteiger partial charge in [-0.3, -0.25) is 4.99 Å². The average molecular weight is 509 g/mol. The second-order valence-electron chi connectivity index (χ2n) is 10.8. The zero-order chi connectivity index (χ0) is 27.1. The molecular formula is C34H44N4. The van der Waals surface area contributed by atoms with Crippen LogP contribution in [-0.4, -0.2) is 27.4 Å². The van der Waals surface area contributed by atoms with Gasteiger partial charge in [-0.15, -0.1) is 0 Å². The van der Waals surface area contributed by atoms with Crippen LogP contribution in [-0.2, 0) is 32.1 Å². The van der Waals surface area contributed by atoms with Gasteiger partial charge >= 0.3 is 0 Å². The van der Waals surface area contributed by atoms with Crippen molar-refractivity contribution in [2.45, 2.75) is 106 Å². The molecule has 1 unspecified atom stereocenters. The first-order valence-corrected chi connectivity index (χ1v) is 14.8. The van der Waals surface area contributed by atoms with Crippen molar-refractivity contribution in [3.63, 3.8) is 0 Å². The lowest BCUT2D eigenvalue weighted by Gasteiger charge is -2.10. The molecule has 3 aliphatic rings. The molecule has 0 amide bonds. The molecule has 0 saturated carbocycles. The fourth-order valence-corrected chi connectivity index (χ4v) is 6.82. The molecule has 0 fully saturated rings. The zero-order valence-electron chi connectivity index (χ0n) is 24.7. The Bertz CT molecular complexity index is 1560. The third-order valence-corrected chi connectivity index (χ3v) is 8.98. The first-order chi connectivity index (χ1) is 18.4. The maximum absolute atomic E-state index is 5.28. The van der Waals surface area contributed by atoms with E-state index in [0.717, 1.165) is 62.1 Å². The fraction of sp³-hybridized carbons (Fsp3) is 0.471. The van der Waals surface area contributed by atoms with Gasteiger partial charge < -0.3 is 9.97 Å². The Morgan fingerprint density at radius 2 is 1.32 bits per heavy atom. The van der Waals surface area contributed by atoms with E-state index in [9.17, 15) is 0 Å². The van der Waals surface area contributed by atoms with Crippen molar-refractivity contribution < 1.29 is 0 Å². The number of nitrogens with one attached hydrogen (secondary N) is 2. The molecule has 200 valence electrons. The van der Waals surface area contributed by atoms with Crippen LogP contribution in [0.1, 0.15) is 102 Å². The van der Waals surface area contributed by atoms with Crippen molar-refractivity contribution in [3.8, 4) is 0 Å². The molecule has 0 spiro atoms. The van der Waals surface area contributed by atoms with E-state index >= 15 is 0 Å². The second-order valence-corrected chi connectivity index (χ2v) is 10.8. The first kappa shape index (κ1) is 26.5. The van der Waals surface area contributed by atoms with Gasteiger partial charge in [0.15, 0.2) is 0 Å². The number of allylic oxidation sites excluding steroid dienone is 4. The quantitative estimate of drug-likeness (QED) is 0.455. The Hall–Kier alpha value is -3.14. The summed E-state index contributed by atoms with van der Waals surface area (Å²) in [4.78, 5) is 18.2. The highest BCUT2D eigenvalue weighted by Gasteiger charge is 2.27. The van der Waals surface area contributed by atoms with Crippen LogP contribution >= 0.6 is 0 Å². The van der Waals surface area contributed by atoms with Gasteiger partial charge in [0.25, 0.3) is 0 Å². The minimum atomic E-state index is 0.169. The van der Waals surface area contributed by atoms with Crippen LogP contribution < -0.4 is 10.7 Å². The molecule has 0 radical (unpaired) electrons. The monoisotopic (exact) mass is 508 g/mol. The lowest BCUT2D eigenvalue weighted by molar-refractivity contribution is 0.756. The number of hydrogen-bond acceptors (Lipinski definition) is 2. The highest BCUT2D eigenvalue weighted by molar-refractivity contribution is 6.24. The fourth-order valence-electron chi connectivity index (χ4n) is 6.82. The SMILES string of the molecule is CCC1=C(CC)/C2=C/C3=NC(Cc4[nH]c(c(CC)c4CC)/C=c4\[nH]c(c(CC)c4CC)=CC1=N2)C(C)=C3C. The summed E-state index contributed by atoms with van der Waals surface area (Å²) in [5, 5.41) is 2.43. The third-order valence-electron chi connectivity index (χ3n) is 8.98. The largest absolute Gasteiger partial charge is 0.358 e. The molecule has 2 N–H and O–H groups in total. The summed E-state index contributed by atoms with van der Waals surface area (Å²) in [7, 11) is 0. The Labute approximate surface area is 228 Å². The number of aliphatic imine (C=N–C) groups is 2. The molecule has 1 atom stereocenters. The lowest BCUT2D eigenvalue weighted by Crippen LogP contribution is -2.15. The van der Waals surface area contributed by atoms with E-state index in [1.165, 1.54) is 66.6 Å². The third kappa shape index (κ3) is 4.22. The number of nitrogens with zero attached hydrogens (tertiary/aromatic N) is 2. The Kier molecular flexibility index (Phi) is 7.35. The maximum Gasteiger partial charge on any atom is 0.0774 e. The minimum absolute atomic E-state index is 0.169. The molecule has 0 aromatic carbocycles. The van der Waals surface area contributed by atoms with Crippen LogP contribution in [0.3, 0.4) is 0 Å². The normalized spacial score (nSPS) is 21.2. The van der Waals surface area contributed by atoms with Gasteiger partial charge in [-0.05, 0) is 115 Å². The summed E-state index contributed by atoms with van der Waals surface area (Å²) in [6.07, 6.45) is 13.9. The summed E-state index contributed by atoms with van der Waals surface area (Å²) in [5.74, 6) is 0. The van der Waals surface area contributed by atoms with Gasteiger partial charge in [-0.1, -0.05) is 41.5 Å². The molecule has 4 heteroatoms. The van der Waals surface area contributed by atoms with E-state index < -0.39 is 0 Å². The van der Waals surface area contributed by atoms with Crippen LogP contribution in [0.4, 0.5) is 0 Å². The van der Waals surface area contributed by atoms with Gasteiger partial charge in [-0.25, -0.2) is 4.99 Å². The minimum Gasteiger partial charge on any atom is -0.358 e. The molecule has 38 heavy (non-hydrogen) atoms. The Morgan fingerprint density at radius 1 is 0.684 bits per heavy atom. The Morgan fingerprint density at radius 3 is 1.92 bits per heavy atom. The van der Waals surface area contributed by atoms with E-state index in [4.69, 9.17) is 9.98 Å². The standard InChI is InChI=1S/C34H44N4/c1-9-21-23(11-3)31-17-33-25(13-5)26(14-6)34(38-33)18-32-24(12-4)22(10-2)30(37-32)16-28-20(8)19(7)27(35-28)15-29(21)36-31/h15,17-18,28,37-38H,9-14,16H2,1-8H3/b29-15-,33-17?,34-18-. The first-order valence-electron chi connectivity index (χ1n) is 14.8.